The molecule has 1 fully saturated rings. The lowest BCUT2D eigenvalue weighted by Crippen LogP contribution is -2.46. The molecule has 1 saturated heterocycles. The maximum absolute atomic E-state index is 12.3. The normalized spacial score (nSPS) is 18.0. The summed E-state index contributed by atoms with van der Waals surface area (Å²) in [6.07, 6.45) is 2.98. The summed E-state index contributed by atoms with van der Waals surface area (Å²) in [6.45, 7) is 2.26. The number of nitrogens with zero attached hydrogens (tertiary/aromatic N) is 1. The monoisotopic (exact) mass is 318 g/mol. The molecule has 23 heavy (non-hydrogen) atoms. The fourth-order valence-corrected chi connectivity index (χ4v) is 2.84. The standard InChI is InChI=1S/C18H26N2O3/c1-23-13-12-20-14-16(9-10-17(20)21)18(22)19-11-5-8-15-6-3-2-4-7-15/h2-4,6-7,16H,5,8-14H2,1H3,(H,19,22)/t16-/m1/s1. The molecule has 0 unspecified atom stereocenters. The average molecular weight is 318 g/mol. The van der Waals surface area contributed by atoms with E-state index in [0.29, 0.717) is 39.1 Å². The second-order valence-corrected chi connectivity index (χ2v) is 5.95. The van der Waals surface area contributed by atoms with Crippen LogP contribution in [0.2, 0.25) is 0 Å². The highest BCUT2D eigenvalue weighted by Crippen LogP contribution is 2.17. The molecule has 1 aromatic rings. The molecule has 126 valence electrons. The maximum atomic E-state index is 12.3. The topological polar surface area (TPSA) is 58.6 Å². The zero-order valence-corrected chi connectivity index (χ0v) is 13.8. The molecule has 0 bridgehead atoms. The van der Waals surface area contributed by atoms with Gasteiger partial charge in [-0.2, -0.15) is 0 Å². The molecule has 0 saturated carbocycles. The van der Waals surface area contributed by atoms with E-state index in [4.69, 9.17) is 4.74 Å². The summed E-state index contributed by atoms with van der Waals surface area (Å²) in [4.78, 5) is 25.8. The van der Waals surface area contributed by atoms with Crippen LogP contribution in [-0.4, -0.2) is 50.1 Å². The summed E-state index contributed by atoms with van der Waals surface area (Å²) in [6, 6.07) is 10.3. The predicted octanol–water partition coefficient (Wildman–Crippen LogP) is 1.62. The fourth-order valence-electron chi connectivity index (χ4n) is 2.84. The Morgan fingerprint density at radius 3 is 2.87 bits per heavy atom. The summed E-state index contributed by atoms with van der Waals surface area (Å²) in [7, 11) is 1.62. The Hall–Kier alpha value is -1.88. The van der Waals surface area contributed by atoms with E-state index in [-0.39, 0.29) is 17.7 Å². The molecule has 2 rings (SSSR count). The Balaban J connectivity index is 1.69. The van der Waals surface area contributed by atoms with Crippen LogP contribution in [0.25, 0.3) is 0 Å². The van der Waals surface area contributed by atoms with Gasteiger partial charge in [0.25, 0.3) is 0 Å². The molecule has 1 aliphatic rings. The van der Waals surface area contributed by atoms with E-state index in [0.717, 1.165) is 12.8 Å². The first kappa shape index (κ1) is 17.5. The van der Waals surface area contributed by atoms with Crippen LogP contribution < -0.4 is 5.32 Å². The van der Waals surface area contributed by atoms with Crippen LogP contribution in [0.5, 0.6) is 0 Å². The molecule has 1 aliphatic heterocycles. The zero-order valence-electron chi connectivity index (χ0n) is 13.8. The van der Waals surface area contributed by atoms with Crippen molar-refractivity contribution in [2.45, 2.75) is 25.7 Å². The molecular formula is C18H26N2O3. The van der Waals surface area contributed by atoms with Crippen molar-refractivity contribution >= 4 is 11.8 Å². The van der Waals surface area contributed by atoms with E-state index in [1.807, 2.05) is 18.2 Å². The molecule has 5 heteroatoms. The van der Waals surface area contributed by atoms with Crippen molar-refractivity contribution < 1.29 is 14.3 Å². The first-order valence-corrected chi connectivity index (χ1v) is 8.29. The molecule has 1 aromatic carbocycles. The van der Waals surface area contributed by atoms with Gasteiger partial charge in [-0.1, -0.05) is 30.3 Å². The van der Waals surface area contributed by atoms with E-state index in [9.17, 15) is 9.59 Å². The van der Waals surface area contributed by atoms with Crippen molar-refractivity contribution in [1.82, 2.24) is 10.2 Å². The predicted molar refractivity (Wildman–Crippen MR) is 89.0 cm³/mol. The van der Waals surface area contributed by atoms with Crippen molar-refractivity contribution in [2.75, 3.05) is 33.4 Å². The van der Waals surface area contributed by atoms with E-state index >= 15 is 0 Å². The average Bonchev–Trinajstić information content (AvgIpc) is 2.58. The highest BCUT2D eigenvalue weighted by Gasteiger charge is 2.29. The number of piperidine rings is 1. The van der Waals surface area contributed by atoms with Crippen molar-refractivity contribution in [2.24, 2.45) is 5.92 Å². The van der Waals surface area contributed by atoms with Crippen molar-refractivity contribution in [3.63, 3.8) is 0 Å². The number of benzene rings is 1. The fraction of sp³-hybridized carbons (Fsp3) is 0.556. The van der Waals surface area contributed by atoms with Gasteiger partial charge in [-0.15, -0.1) is 0 Å². The minimum absolute atomic E-state index is 0.0629. The molecule has 0 aliphatic carbocycles. The van der Waals surface area contributed by atoms with Gasteiger partial charge in [0.1, 0.15) is 0 Å². The number of carbonyl (C=O) groups is 2. The van der Waals surface area contributed by atoms with Crippen molar-refractivity contribution in [3.8, 4) is 0 Å². The largest absolute Gasteiger partial charge is 0.383 e. The third-order valence-corrected chi connectivity index (χ3v) is 4.22. The van der Waals surface area contributed by atoms with Gasteiger partial charge in [0, 0.05) is 33.2 Å². The van der Waals surface area contributed by atoms with Gasteiger partial charge in [-0.25, -0.2) is 0 Å². The van der Waals surface area contributed by atoms with Crippen LogP contribution in [0.1, 0.15) is 24.8 Å². The number of methoxy groups -OCH3 is 1. The van der Waals surface area contributed by atoms with Gasteiger partial charge >= 0.3 is 0 Å². The lowest BCUT2D eigenvalue weighted by Gasteiger charge is -2.31. The van der Waals surface area contributed by atoms with Crippen LogP contribution in [0.4, 0.5) is 0 Å². The molecule has 1 N–H and O–H groups in total. The summed E-state index contributed by atoms with van der Waals surface area (Å²) in [5.41, 5.74) is 1.29. The minimum atomic E-state index is -0.0960. The highest BCUT2D eigenvalue weighted by molar-refractivity contribution is 5.83. The number of carbonyl (C=O) groups excluding carboxylic acids is 2. The highest BCUT2D eigenvalue weighted by atomic mass is 16.5. The Morgan fingerprint density at radius 2 is 2.13 bits per heavy atom. The van der Waals surface area contributed by atoms with Crippen LogP contribution >= 0.6 is 0 Å². The van der Waals surface area contributed by atoms with Gasteiger partial charge in [-0.05, 0) is 24.8 Å². The summed E-state index contributed by atoms with van der Waals surface area (Å²) in [5, 5.41) is 3.01. The number of nitrogens with one attached hydrogen (secondary N) is 1. The van der Waals surface area contributed by atoms with Gasteiger partial charge in [-0.3, -0.25) is 9.59 Å². The second-order valence-electron chi connectivity index (χ2n) is 5.95. The SMILES string of the molecule is COCCN1C[C@H](C(=O)NCCCc2ccccc2)CCC1=O. The van der Waals surface area contributed by atoms with Gasteiger partial charge in [0.2, 0.25) is 11.8 Å². The molecule has 2 amide bonds. The molecule has 1 heterocycles. The smallest absolute Gasteiger partial charge is 0.224 e. The molecule has 0 radical (unpaired) electrons. The lowest BCUT2D eigenvalue weighted by atomic mass is 9.96. The minimum Gasteiger partial charge on any atom is -0.383 e. The Morgan fingerprint density at radius 1 is 1.35 bits per heavy atom. The number of amides is 2. The summed E-state index contributed by atoms with van der Waals surface area (Å²) in [5.74, 6) is 0.0874. The molecule has 1 atom stereocenters. The number of likely N-dealkylation sites (tertiary alicyclic amines) is 1. The third-order valence-electron chi connectivity index (χ3n) is 4.22. The molecule has 5 nitrogen and oxygen atoms in total. The second kappa shape index (κ2) is 9.30. The summed E-state index contributed by atoms with van der Waals surface area (Å²) >= 11 is 0. The summed E-state index contributed by atoms with van der Waals surface area (Å²) < 4.78 is 5.02. The Labute approximate surface area is 138 Å². The molecule has 0 aromatic heterocycles. The number of rotatable bonds is 8. The van der Waals surface area contributed by atoms with Crippen LogP contribution in [0.15, 0.2) is 30.3 Å². The molecule has 0 spiro atoms. The first-order chi connectivity index (χ1) is 11.2. The van der Waals surface area contributed by atoms with Gasteiger partial charge in [0.05, 0.1) is 12.5 Å². The van der Waals surface area contributed by atoms with E-state index in [1.165, 1.54) is 5.56 Å². The van der Waals surface area contributed by atoms with Gasteiger partial charge in [0.15, 0.2) is 0 Å². The van der Waals surface area contributed by atoms with Gasteiger partial charge < -0.3 is 15.0 Å². The number of ether oxygens (including phenoxy) is 1. The van der Waals surface area contributed by atoms with Crippen molar-refractivity contribution in [1.29, 1.82) is 0 Å². The maximum Gasteiger partial charge on any atom is 0.224 e. The van der Waals surface area contributed by atoms with Crippen LogP contribution in [0, 0.1) is 5.92 Å². The zero-order chi connectivity index (χ0) is 16.5. The number of hydrogen-bond donors (Lipinski definition) is 1. The van der Waals surface area contributed by atoms with Crippen LogP contribution in [0.3, 0.4) is 0 Å². The Kier molecular flexibility index (Phi) is 7.07. The lowest BCUT2D eigenvalue weighted by molar-refractivity contribution is -0.138. The van der Waals surface area contributed by atoms with Crippen molar-refractivity contribution in [3.05, 3.63) is 35.9 Å². The number of hydrogen-bond acceptors (Lipinski definition) is 3. The van der Waals surface area contributed by atoms with Crippen LogP contribution in [-0.2, 0) is 20.7 Å². The Bertz CT molecular complexity index is 504. The quantitative estimate of drug-likeness (QED) is 0.741. The van der Waals surface area contributed by atoms with E-state index in [2.05, 4.69) is 17.4 Å². The third kappa shape index (κ3) is 5.67. The molecular weight excluding hydrogens is 292 g/mol. The van der Waals surface area contributed by atoms with E-state index < -0.39 is 0 Å². The van der Waals surface area contributed by atoms with E-state index in [1.54, 1.807) is 12.0 Å². The first-order valence-electron chi connectivity index (χ1n) is 8.29. The number of aryl methyl sites for hydroxylation is 1.